The number of benzene rings is 1. The number of alkyl carbamates (subject to hydrolysis) is 1. The van der Waals surface area contributed by atoms with E-state index in [2.05, 4.69) is 17.6 Å². The first-order valence-corrected chi connectivity index (χ1v) is 15.9. The lowest BCUT2D eigenvalue weighted by atomic mass is 9.94. The van der Waals surface area contributed by atoms with Gasteiger partial charge in [0.1, 0.15) is 17.7 Å². The van der Waals surface area contributed by atoms with Gasteiger partial charge in [-0.3, -0.25) is 9.59 Å². The predicted octanol–water partition coefficient (Wildman–Crippen LogP) is 6.70. The van der Waals surface area contributed by atoms with E-state index in [-0.39, 0.29) is 17.9 Å². The Balaban J connectivity index is 3.48. The van der Waals surface area contributed by atoms with Gasteiger partial charge < -0.3 is 20.3 Å². The summed E-state index contributed by atoms with van der Waals surface area (Å²) in [6, 6.07) is 4.21. The summed E-state index contributed by atoms with van der Waals surface area (Å²) >= 11 is 1.61. The Bertz CT molecular complexity index is 914. The molecule has 0 saturated heterocycles. The fraction of sp³-hybridized carbons (Fsp3) is 0.710. The van der Waals surface area contributed by atoms with Gasteiger partial charge >= 0.3 is 6.09 Å². The summed E-state index contributed by atoms with van der Waals surface area (Å²) in [5.41, 5.74) is 2.18. The van der Waals surface area contributed by atoms with E-state index in [1.165, 1.54) is 12.8 Å². The van der Waals surface area contributed by atoms with Gasteiger partial charge in [0.2, 0.25) is 11.8 Å². The van der Waals surface area contributed by atoms with Crippen molar-refractivity contribution in [1.29, 1.82) is 0 Å². The third-order valence-corrected chi connectivity index (χ3v) is 7.21. The average Bonchev–Trinajstić information content (AvgIpc) is 2.83. The van der Waals surface area contributed by atoms with Crippen LogP contribution in [0.5, 0.6) is 0 Å². The molecule has 7 nitrogen and oxygen atoms in total. The Morgan fingerprint density at radius 3 is 2.23 bits per heavy atom. The number of hydrogen-bond acceptors (Lipinski definition) is 5. The molecule has 39 heavy (non-hydrogen) atoms. The molecule has 2 unspecified atom stereocenters. The van der Waals surface area contributed by atoms with E-state index in [4.69, 9.17) is 4.74 Å². The molecule has 222 valence electrons. The SMILES string of the molecule is CCCCCCCCN(C(=O)C(CCSC)NC(=O)OC(C)(C)C)C(C(=O)NC(C)C)c1cccc(C)c1C. The van der Waals surface area contributed by atoms with Crippen molar-refractivity contribution < 1.29 is 19.1 Å². The first-order valence-electron chi connectivity index (χ1n) is 14.5. The highest BCUT2D eigenvalue weighted by atomic mass is 32.2. The van der Waals surface area contributed by atoms with Crippen LogP contribution in [-0.4, -0.2) is 59.0 Å². The van der Waals surface area contributed by atoms with Crippen molar-refractivity contribution in [1.82, 2.24) is 15.5 Å². The van der Waals surface area contributed by atoms with Gasteiger partial charge in [-0.1, -0.05) is 57.2 Å². The predicted molar refractivity (Wildman–Crippen MR) is 163 cm³/mol. The normalized spacial score (nSPS) is 13.1. The van der Waals surface area contributed by atoms with Crippen molar-refractivity contribution in [2.24, 2.45) is 0 Å². The van der Waals surface area contributed by atoms with Crippen LogP contribution in [0.4, 0.5) is 4.79 Å². The lowest BCUT2D eigenvalue weighted by Crippen LogP contribution is -2.54. The standard InChI is InChI=1S/C31H53N3O4S/c1-10-11-12-13-14-15-20-34(29(36)26(19-21-39-9)33-30(37)38-31(6,7)8)27(28(35)32-22(2)3)25-18-16-17-23(4)24(25)5/h16-18,22,26-27H,10-15,19-21H2,1-9H3,(H,32,35)(H,33,37). The smallest absolute Gasteiger partial charge is 0.408 e. The number of ether oxygens (including phenoxy) is 1. The summed E-state index contributed by atoms with van der Waals surface area (Å²) in [4.78, 5) is 42.5. The van der Waals surface area contributed by atoms with E-state index in [0.717, 1.165) is 42.4 Å². The van der Waals surface area contributed by atoms with Gasteiger partial charge in [0.15, 0.2) is 0 Å². The Hall–Kier alpha value is -2.22. The topological polar surface area (TPSA) is 87.7 Å². The maximum absolute atomic E-state index is 14.3. The number of amides is 3. The summed E-state index contributed by atoms with van der Waals surface area (Å²) in [6.45, 7) is 15.9. The second kappa shape index (κ2) is 17.5. The molecule has 0 radical (unpaired) electrons. The minimum absolute atomic E-state index is 0.0803. The number of nitrogens with one attached hydrogen (secondary N) is 2. The van der Waals surface area contributed by atoms with Crippen molar-refractivity contribution in [3.63, 3.8) is 0 Å². The number of thioether (sulfide) groups is 1. The summed E-state index contributed by atoms with van der Waals surface area (Å²) < 4.78 is 5.49. The number of rotatable bonds is 16. The molecule has 0 aliphatic heterocycles. The third-order valence-electron chi connectivity index (χ3n) is 6.57. The average molecular weight is 564 g/mol. The second-order valence-electron chi connectivity index (χ2n) is 11.6. The van der Waals surface area contributed by atoms with Crippen LogP contribution in [-0.2, 0) is 14.3 Å². The Morgan fingerprint density at radius 2 is 1.64 bits per heavy atom. The highest BCUT2D eigenvalue weighted by molar-refractivity contribution is 7.98. The Kier molecular flexibility index (Phi) is 15.6. The molecule has 0 bridgehead atoms. The van der Waals surface area contributed by atoms with Crippen LogP contribution < -0.4 is 10.6 Å². The van der Waals surface area contributed by atoms with E-state index in [0.29, 0.717) is 18.7 Å². The zero-order valence-electron chi connectivity index (χ0n) is 25.8. The van der Waals surface area contributed by atoms with Crippen LogP contribution >= 0.6 is 11.8 Å². The summed E-state index contributed by atoms with van der Waals surface area (Å²) in [5.74, 6) is 0.218. The van der Waals surface area contributed by atoms with Gasteiger partial charge in [-0.2, -0.15) is 11.8 Å². The molecule has 2 N–H and O–H groups in total. The highest BCUT2D eigenvalue weighted by Gasteiger charge is 2.36. The monoisotopic (exact) mass is 563 g/mol. The van der Waals surface area contributed by atoms with E-state index in [9.17, 15) is 14.4 Å². The number of aryl methyl sites for hydroxylation is 1. The molecule has 2 atom stereocenters. The maximum atomic E-state index is 14.3. The molecule has 0 aliphatic carbocycles. The lowest BCUT2D eigenvalue weighted by Gasteiger charge is -2.35. The number of hydrogen-bond donors (Lipinski definition) is 2. The zero-order chi connectivity index (χ0) is 29.6. The van der Waals surface area contributed by atoms with Crippen LogP contribution in [0.3, 0.4) is 0 Å². The van der Waals surface area contributed by atoms with Gasteiger partial charge in [-0.25, -0.2) is 4.79 Å². The number of nitrogens with zero attached hydrogens (tertiary/aromatic N) is 1. The van der Waals surface area contributed by atoms with Crippen LogP contribution in [0.2, 0.25) is 0 Å². The van der Waals surface area contributed by atoms with Crippen molar-refractivity contribution in [3.8, 4) is 0 Å². The first kappa shape index (κ1) is 34.8. The van der Waals surface area contributed by atoms with Crippen LogP contribution in [0, 0.1) is 13.8 Å². The Morgan fingerprint density at radius 1 is 1.00 bits per heavy atom. The molecule has 0 heterocycles. The molecule has 8 heteroatoms. The molecular formula is C31H53N3O4S. The highest BCUT2D eigenvalue weighted by Crippen LogP contribution is 2.28. The van der Waals surface area contributed by atoms with Crippen molar-refractivity contribution in [2.75, 3.05) is 18.6 Å². The molecule has 3 amide bonds. The summed E-state index contributed by atoms with van der Waals surface area (Å²) in [5, 5.41) is 5.87. The van der Waals surface area contributed by atoms with Gasteiger partial charge in [-0.15, -0.1) is 0 Å². The summed E-state index contributed by atoms with van der Waals surface area (Å²) in [7, 11) is 0. The van der Waals surface area contributed by atoms with Gasteiger partial charge in [-0.05, 0) is 90.0 Å². The van der Waals surface area contributed by atoms with Crippen LogP contribution in [0.1, 0.15) is 109 Å². The molecule has 0 saturated carbocycles. The number of unbranched alkanes of at least 4 members (excludes halogenated alkanes) is 5. The third kappa shape index (κ3) is 12.7. The first-order chi connectivity index (χ1) is 18.3. The molecule has 0 fully saturated rings. The minimum atomic E-state index is -0.799. The fourth-order valence-corrected chi connectivity index (χ4v) is 4.93. The van der Waals surface area contributed by atoms with Crippen molar-refractivity contribution in [2.45, 2.75) is 124 Å². The van der Waals surface area contributed by atoms with Crippen molar-refractivity contribution >= 4 is 29.7 Å². The van der Waals surface area contributed by atoms with E-state index >= 15 is 0 Å². The zero-order valence-corrected chi connectivity index (χ0v) is 26.6. The van der Waals surface area contributed by atoms with Gasteiger partial charge in [0.05, 0.1) is 0 Å². The van der Waals surface area contributed by atoms with E-state index in [1.807, 2.05) is 52.1 Å². The molecule has 0 spiro atoms. The molecule has 1 aromatic rings. The largest absolute Gasteiger partial charge is 0.444 e. The molecule has 1 rings (SSSR count). The maximum Gasteiger partial charge on any atom is 0.408 e. The van der Waals surface area contributed by atoms with E-state index in [1.54, 1.807) is 37.4 Å². The molecule has 0 aliphatic rings. The second-order valence-corrected chi connectivity index (χ2v) is 12.6. The van der Waals surface area contributed by atoms with Gasteiger partial charge in [0.25, 0.3) is 0 Å². The van der Waals surface area contributed by atoms with Gasteiger partial charge in [0, 0.05) is 12.6 Å². The minimum Gasteiger partial charge on any atom is -0.444 e. The lowest BCUT2D eigenvalue weighted by molar-refractivity contribution is -0.142. The number of carbonyl (C=O) groups excluding carboxylic acids is 3. The summed E-state index contributed by atoms with van der Waals surface area (Å²) in [6.07, 6.45) is 8.16. The van der Waals surface area contributed by atoms with Crippen LogP contribution in [0.15, 0.2) is 18.2 Å². The van der Waals surface area contributed by atoms with Crippen LogP contribution in [0.25, 0.3) is 0 Å². The molecule has 0 aromatic heterocycles. The fourth-order valence-electron chi connectivity index (χ4n) is 4.46. The Labute approximate surface area is 241 Å². The quantitative estimate of drug-likeness (QED) is 0.218. The van der Waals surface area contributed by atoms with Crippen molar-refractivity contribution in [3.05, 3.63) is 34.9 Å². The molecular weight excluding hydrogens is 510 g/mol. The van der Waals surface area contributed by atoms with E-state index < -0.39 is 23.8 Å². The molecule has 1 aromatic carbocycles. The number of carbonyl (C=O) groups is 3.